The van der Waals surface area contributed by atoms with Crippen LogP contribution in [0.4, 0.5) is 0 Å². The first kappa shape index (κ1) is 13.0. The number of rotatable bonds is 3. The third-order valence-corrected chi connectivity index (χ3v) is 3.29. The summed E-state index contributed by atoms with van der Waals surface area (Å²) in [5.74, 6) is 0.923. The minimum Gasteiger partial charge on any atom is -0.489 e. The molecular formula is C16H17ClO. The summed E-state index contributed by atoms with van der Waals surface area (Å²) in [6.07, 6.45) is 0. The third-order valence-electron chi connectivity index (χ3n) is 2.94. The van der Waals surface area contributed by atoms with Gasteiger partial charge in [-0.25, -0.2) is 0 Å². The second-order valence-corrected chi connectivity index (χ2v) is 5.06. The SMILES string of the molecule is Cc1ccc(COc2cc(C)ccc2C)c(Cl)c1. The van der Waals surface area contributed by atoms with Gasteiger partial charge in [0.2, 0.25) is 0 Å². The van der Waals surface area contributed by atoms with Crippen LogP contribution >= 0.6 is 11.6 Å². The van der Waals surface area contributed by atoms with Crippen molar-refractivity contribution in [1.29, 1.82) is 0 Å². The molecule has 0 aromatic heterocycles. The average molecular weight is 261 g/mol. The van der Waals surface area contributed by atoms with Crippen molar-refractivity contribution in [3.63, 3.8) is 0 Å². The largest absolute Gasteiger partial charge is 0.489 e. The zero-order chi connectivity index (χ0) is 13.1. The topological polar surface area (TPSA) is 9.23 Å². The van der Waals surface area contributed by atoms with Gasteiger partial charge in [-0.1, -0.05) is 35.9 Å². The smallest absolute Gasteiger partial charge is 0.122 e. The molecule has 0 aliphatic heterocycles. The summed E-state index contributed by atoms with van der Waals surface area (Å²) in [7, 11) is 0. The molecule has 0 heterocycles. The fourth-order valence-corrected chi connectivity index (χ4v) is 2.08. The van der Waals surface area contributed by atoms with Crippen LogP contribution in [0.25, 0.3) is 0 Å². The molecule has 94 valence electrons. The van der Waals surface area contributed by atoms with Crippen LogP contribution in [0.3, 0.4) is 0 Å². The molecule has 0 fully saturated rings. The fraction of sp³-hybridized carbons (Fsp3) is 0.250. The van der Waals surface area contributed by atoms with Crippen molar-refractivity contribution in [2.24, 2.45) is 0 Å². The molecule has 1 nitrogen and oxygen atoms in total. The number of halogens is 1. The molecule has 0 aliphatic carbocycles. The zero-order valence-corrected chi connectivity index (χ0v) is 11.7. The quantitative estimate of drug-likeness (QED) is 0.767. The zero-order valence-electron chi connectivity index (χ0n) is 11.0. The normalized spacial score (nSPS) is 10.4. The van der Waals surface area contributed by atoms with E-state index in [1.807, 2.05) is 32.0 Å². The lowest BCUT2D eigenvalue weighted by molar-refractivity contribution is 0.304. The minimum absolute atomic E-state index is 0.503. The Morgan fingerprint density at radius 2 is 1.61 bits per heavy atom. The van der Waals surface area contributed by atoms with Gasteiger partial charge in [0.05, 0.1) is 0 Å². The molecule has 18 heavy (non-hydrogen) atoms. The van der Waals surface area contributed by atoms with Gasteiger partial charge in [0.25, 0.3) is 0 Å². The Morgan fingerprint density at radius 1 is 0.944 bits per heavy atom. The number of ether oxygens (including phenoxy) is 1. The Hall–Kier alpha value is -1.47. The van der Waals surface area contributed by atoms with Crippen LogP contribution in [0.5, 0.6) is 5.75 Å². The monoisotopic (exact) mass is 260 g/mol. The molecule has 0 bridgehead atoms. The predicted octanol–water partition coefficient (Wildman–Crippen LogP) is 4.84. The van der Waals surface area contributed by atoms with Crippen LogP contribution < -0.4 is 4.74 Å². The van der Waals surface area contributed by atoms with E-state index >= 15 is 0 Å². The van der Waals surface area contributed by atoms with Gasteiger partial charge < -0.3 is 4.74 Å². The van der Waals surface area contributed by atoms with E-state index in [1.54, 1.807) is 0 Å². The molecule has 2 aromatic rings. The molecule has 2 aromatic carbocycles. The Morgan fingerprint density at radius 3 is 2.33 bits per heavy atom. The lowest BCUT2D eigenvalue weighted by Gasteiger charge is -2.11. The number of benzene rings is 2. The lowest BCUT2D eigenvalue weighted by Crippen LogP contribution is -1.98. The van der Waals surface area contributed by atoms with Gasteiger partial charge in [0.1, 0.15) is 12.4 Å². The van der Waals surface area contributed by atoms with E-state index < -0.39 is 0 Å². The van der Waals surface area contributed by atoms with Crippen molar-refractivity contribution in [2.75, 3.05) is 0 Å². The molecule has 0 saturated heterocycles. The predicted molar refractivity (Wildman–Crippen MR) is 76.4 cm³/mol. The standard InChI is InChI=1S/C16H17ClO/c1-11-5-7-14(15(17)8-11)10-18-16-9-12(2)4-6-13(16)3/h4-9H,10H2,1-3H3. The van der Waals surface area contributed by atoms with Crippen LogP contribution in [0.2, 0.25) is 5.02 Å². The van der Waals surface area contributed by atoms with Crippen molar-refractivity contribution in [2.45, 2.75) is 27.4 Å². The maximum Gasteiger partial charge on any atom is 0.122 e. The molecule has 0 atom stereocenters. The van der Waals surface area contributed by atoms with E-state index in [0.29, 0.717) is 6.61 Å². The van der Waals surface area contributed by atoms with Gasteiger partial charge in [-0.3, -0.25) is 0 Å². The van der Waals surface area contributed by atoms with E-state index in [-0.39, 0.29) is 0 Å². The second-order valence-electron chi connectivity index (χ2n) is 4.65. The first-order chi connectivity index (χ1) is 8.56. The Kier molecular flexibility index (Phi) is 3.93. The summed E-state index contributed by atoms with van der Waals surface area (Å²) >= 11 is 6.19. The van der Waals surface area contributed by atoms with E-state index in [9.17, 15) is 0 Å². The summed E-state index contributed by atoms with van der Waals surface area (Å²) in [6.45, 7) is 6.64. The molecule has 0 spiro atoms. The van der Waals surface area contributed by atoms with Gasteiger partial charge in [-0.2, -0.15) is 0 Å². The maximum atomic E-state index is 6.19. The number of aryl methyl sites for hydroxylation is 3. The highest BCUT2D eigenvalue weighted by atomic mass is 35.5. The first-order valence-electron chi connectivity index (χ1n) is 6.01. The summed E-state index contributed by atoms with van der Waals surface area (Å²) in [6, 6.07) is 12.2. The van der Waals surface area contributed by atoms with Crippen molar-refractivity contribution >= 4 is 11.6 Å². The summed E-state index contributed by atoms with van der Waals surface area (Å²) in [4.78, 5) is 0. The van der Waals surface area contributed by atoms with Gasteiger partial charge in [-0.15, -0.1) is 0 Å². The highest BCUT2D eigenvalue weighted by molar-refractivity contribution is 6.31. The van der Waals surface area contributed by atoms with E-state index in [1.165, 1.54) is 5.56 Å². The number of hydrogen-bond donors (Lipinski definition) is 0. The van der Waals surface area contributed by atoms with Crippen molar-refractivity contribution < 1.29 is 4.74 Å². The molecule has 2 heteroatoms. The molecule has 0 saturated carbocycles. The second kappa shape index (κ2) is 5.45. The van der Waals surface area contributed by atoms with Crippen LogP contribution in [-0.4, -0.2) is 0 Å². The van der Waals surface area contributed by atoms with Crippen molar-refractivity contribution in [1.82, 2.24) is 0 Å². The van der Waals surface area contributed by atoms with Crippen molar-refractivity contribution in [3.05, 3.63) is 63.7 Å². The molecule has 2 rings (SSSR count). The van der Waals surface area contributed by atoms with Gasteiger partial charge >= 0.3 is 0 Å². The van der Waals surface area contributed by atoms with E-state index in [4.69, 9.17) is 16.3 Å². The van der Waals surface area contributed by atoms with Gasteiger partial charge in [-0.05, 0) is 49.6 Å². The third kappa shape index (κ3) is 3.05. The van der Waals surface area contributed by atoms with Gasteiger partial charge in [0.15, 0.2) is 0 Å². The summed E-state index contributed by atoms with van der Waals surface area (Å²) in [5, 5.41) is 0.764. The highest BCUT2D eigenvalue weighted by Gasteiger charge is 2.04. The highest BCUT2D eigenvalue weighted by Crippen LogP contribution is 2.23. The Balaban J connectivity index is 2.13. The van der Waals surface area contributed by atoms with Crippen LogP contribution in [-0.2, 0) is 6.61 Å². The Bertz CT molecular complexity index is 561. The van der Waals surface area contributed by atoms with Crippen LogP contribution in [0, 0.1) is 20.8 Å². The van der Waals surface area contributed by atoms with Crippen molar-refractivity contribution in [3.8, 4) is 5.75 Å². The fourth-order valence-electron chi connectivity index (χ4n) is 1.79. The number of hydrogen-bond acceptors (Lipinski definition) is 1. The lowest BCUT2D eigenvalue weighted by atomic mass is 10.1. The first-order valence-corrected chi connectivity index (χ1v) is 6.39. The molecule has 0 unspecified atom stereocenters. The molecule has 0 aliphatic rings. The minimum atomic E-state index is 0.503. The maximum absolute atomic E-state index is 6.19. The molecule has 0 N–H and O–H groups in total. The van der Waals surface area contributed by atoms with Gasteiger partial charge in [0, 0.05) is 10.6 Å². The summed E-state index contributed by atoms with van der Waals surface area (Å²) < 4.78 is 5.84. The van der Waals surface area contributed by atoms with Crippen LogP contribution in [0.15, 0.2) is 36.4 Å². The Labute approximate surface area is 113 Å². The van der Waals surface area contributed by atoms with Crippen LogP contribution in [0.1, 0.15) is 22.3 Å². The average Bonchev–Trinajstić information content (AvgIpc) is 2.32. The molecule has 0 amide bonds. The van der Waals surface area contributed by atoms with E-state index in [0.717, 1.165) is 27.5 Å². The summed E-state index contributed by atoms with van der Waals surface area (Å²) in [5.41, 5.74) is 4.52. The molecule has 0 radical (unpaired) electrons. The van der Waals surface area contributed by atoms with E-state index in [2.05, 4.69) is 25.1 Å². The molecular weight excluding hydrogens is 244 g/mol.